The van der Waals surface area contributed by atoms with Crippen LogP contribution in [-0.2, 0) is 16.2 Å². The Labute approximate surface area is 156 Å². The predicted octanol–water partition coefficient (Wildman–Crippen LogP) is 3.20. The largest absolute Gasteiger partial charge is 0.489 e. The lowest BCUT2D eigenvalue weighted by molar-refractivity contribution is -0.204. The number of carbonyl (C=O) groups excluding carboxylic acids is 1. The van der Waals surface area contributed by atoms with Crippen LogP contribution in [0.25, 0.3) is 0 Å². The van der Waals surface area contributed by atoms with Gasteiger partial charge in [-0.3, -0.25) is 0 Å². The average Bonchev–Trinajstić information content (AvgIpc) is 2.56. The molecule has 1 saturated heterocycles. The third-order valence-corrected chi connectivity index (χ3v) is 4.57. The van der Waals surface area contributed by atoms with E-state index in [2.05, 4.69) is 0 Å². The van der Waals surface area contributed by atoms with Gasteiger partial charge in [0, 0.05) is 19.6 Å². The summed E-state index contributed by atoms with van der Waals surface area (Å²) in [4.78, 5) is 17.6. The number of hydroxylamine groups is 2. The molecule has 0 atom stereocenters. The van der Waals surface area contributed by atoms with Gasteiger partial charge in [-0.25, -0.2) is 4.79 Å². The van der Waals surface area contributed by atoms with Gasteiger partial charge >= 0.3 is 5.97 Å². The fourth-order valence-electron chi connectivity index (χ4n) is 3.08. The Morgan fingerprint density at radius 2 is 1.88 bits per heavy atom. The zero-order chi connectivity index (χ0) is 19.5. The van der Waals surface area contributed by atoms with Crippen LogP contribution in [0.3, 0.4) is 0 Å². The van der Waals surface area contributed by atoms with Crippen LogP contribution < -0.4 is 16.2 Å². The van der Waals surface area contributed by atoms with Gasteiger partial charge in [0.2, 0.25) is 0 Å². The summed E-state index contributed by atoms with van der Waals surface area (Å²) in [7, 11) is 0. The van der Waals surface area contributed by atoms with Crippen LogP contribution >= 0.6 is 0 Å². The molecule has 0 aliphatic carbocycles. The highest BCUT2D eigenvalue weighted by Crippen LogP contribution is 2.36. The molecule has 1 aliphatic heterocycles. The fourth-order valence-corrected chi connectivity index (χ4v) is 3.08. The highest BCUT2D eigenvalue weighted by Gasteiger charge is 2.29. The van der Waals surface area contributed by atoms with E-state index in [4.69, 9.17) is 21.0 Å². The van der Waals surface area contributed by atoms with Crippen molar-refractivity contribution in [3.63, 3.8) is 0 Å². The van der Waals surface area contributed by atoms with Crippen molar-refractivity contribution in [3.8, 4) is 5.75 Å². The van der Waals surface area contributed by atoms with E-state index in [1.165, 1.54) is 5.56 Å². The van der Waals surface area contributed by atoms with Crippen LogP contribution in [0.15, 0.2) is 12.1 Å². The molecule has 1 heterocycles. The maximum Gasteiger partial charge on any atom is 0.330 e. The topological polar surface area (TPSA) is 90.8 Å². The molecule has 6 nitrogen and oxygen atoms in total. The second-order valence-electron chi connectivity index (χ2n) is 8.29. The van der Waals surface area contributed by atoms with Crippen molar-refractivity contribution in [2.24, 2.45) is 11.1 Å². The third-order valence-electron chi connectivity index (χ3n) is 4.57. The molecule has 0 bridgehead atoms. The van der Waals surface area contributed by atoms with Crippen LogP contribution in [0, 0.1) is 5.41 Å². The number of nitrogens with two attached hydrogens (primary N) is 2. The maximum atomic E-state index is 12.1. The minimum absolute atomic E-state index is 0.0625. The maximum absolute atomic E-state index is 12.1. The van der Waals surface area contributed by atoms with E-state index < -0.39 is 5.41 Å². The molecule has 0 amide bonds. The van der Waals surface area contributed by atoms with Gasteiger partial charge in [0.1, 0.15) is 5.75 Å². The van der Waals surface area contributed by atoms with Crippen molar-refractivity contribution in [1.29, 1.82) is 0 Å². The number of rotatable bonds is 5. The summed E-state index contributed by atoms with van der Waals surface area (Å²) >= 11 is 0. The first-order valence-corrected chi connectivity index (χ1v) is 9.38. The van der Waals surface area contributed by atoms with Gasteiger partial charge in [-0.2, -0.15) is 0 Å². The number of piperidine rings is 1. The predicted molar refractivity (Wildman–Crippen MR) is 104 cm³/mol. The van der Waals surface area contributed by atoms with E-state index in [0.717, 1.165) is 18.4 Å². The van der Waals surface area contributed by atoms with Crippen molar-refractivity contribution < 1.29 is 14.4 Å². The fraction of sp³-hybridized carbons (Fsp3) is 0.650. The molecule has 0 unspecified atom stereocenters. The summed E-state index contributed by atoms with van der Waals surface area (Å²) in [6.07, 6.45) is 1.86. The third kappa shape index (κ3) is 5.11. The number of carbonyl (C=O) groups is 1. The number of ether oxygens (including phenoxy) is 1. The molecule has 1 aromatic rings. The summed E-state index contributed by atoms with van der Waals surface area (Å²) in [6.45, 7) is 11.4. The molecule has 0 saturated carbocycles. The molecular weight excluding hydrogens is 330 g/mol. The van der Waals surface area contributed by atoms with Crippen molar-refractivity contribution in [1.82, 2.24) is 5.06 Å². The number of hydrogen-bond donors (Lipinski definition) is 2. The van der Waals surface area contributed by atoms with Crippen LogP contribution in [0.5, 0.6) is 5.75 Å². The molecule has 0 spiro atoms. The Morgan fingerprint density at radius 3 is 2.38 bits per heavy atom. The minimum atomic E-state index is -0.496. The Hall–Kier alpha value is -1.79. The van der Waals surface area contributed by atoms with E-state index in [1.807, 2.05) is 46.8 Å². The van der Waals surface area contributed by atoms with Gasteiger partial charge in [-0.15, -0.1) is 5.06 Å². The zero-order valence-electron chi connectivity index (χ0n) is 16.7. The van der Waals surface area contributed by atoms with Gasteiger partial charge in [-0.1, -0.05) is 0 Å². The Balaban J connectivity index is 2.09. The minimum Gasteiger partial charge on any atom is -0.489 e. The molecule has 1 aromatic carbocycles. The first-order valence-electron chi connectivity index (χ1n) is 9.38. The second-order valence-corrected chi connectivity index (χ2v) is 8.29. The highest BCUT2D eigenvalue weighted by atomic mass is 16.7. The standard InChI is InChI=1S/C20H33N3O3/c1-13(2)25-18-11-16(15(12-21)10-17(18)22)14-6-8-23(9-7-14)26-19(24)20(3,4)5/h10-11,13-14H,6-9,12,21-22H2,1-5H3. The Morgan fingerprint density at radius 1 is 1.27 bits per heavy atom. The summed E-state index contributed by atoms with van der Waals surface area (Å²) in [5.41, 5.74) is 14.4. The molecule has 146 valence electrons. The van der Waals surface area contributed by atoms with Gasteiger partial charge in [0.05, 0.1) is 17.2 Å². The smallest absolute Gasteiger partial charge is 0.330 e. The Bertz CT molecular complexity index is 630. The number of anilines is 1. The molecule has 6 heteroatoms. The van der Waals surface area contributed by atoms with Gasteiger partial charge in [0.15, 0.2) is 0 Å². The number of benzene rings is 1. The normalized spacial score (nSPS) is 16.7. The van der Waals surface area contributed by atoms with Crippen LogP contribution in [0.2, 0.25) is 0 Å². The average molecular weight is 364 g/mol. The Kier molecular flexibility index (Phi) is 6.53. The first kappa shape index (κ1) is 20.5. The van der Waals surface area contributed by atoms with Crippen molar-refractivity contribution >= 4 is 11.7 Å². The number of nitrogen functional groups attached to an aromatic ring is 1. The summed E-state index contributed by atoms with van der Waals surface area (Å²) in [6, 6.07) is 3.97. The van der Waals surface area contributed by atoms with Crippen molar-refractivity contribution in [2.45, 2.75) is 66.0 Å². The van der Waals surface area contributed by atoms with Crippen LogP contribution in [0.1, 0.15) is 64.5 Å². The van der Waals surface area contributed by atoms with E-state index in [0.29, 0.717) is 37.0 Å². The zero-order valence-corrected chi connectivity index (χ0v) is 16.7. The first-order chi connectivity index (χ1) is 12.1. The molecule has 26 heavy (non-hydrogen) atoms. The lowest BCUT2D eigenvalue weighted by Gasteiger charge is -2.33. The van der Waals surface area contributed by atoms with E-state index in [1.54, 1.807) is 5.06 Å². The highest BCUT2D eigenvalue weighted by molar-refractivity contribution is 5.75. The monoisotopic (exact) mass is 363 g/mol. The van der Waals surface area contributed by atoms with Crippen molar-refractivity contribution in [2.75, 3.05) is 18.8 Å². The number of nitrogens with zero attached hydrogens (tertiary/aromatic N) is 1. The number of hydrogen-bond acceptors (Lipinski definition) is 6. The summed E-state index contributed by atoms with van der Waals surface area (Å²) in [5.74, 6) is 0.876. The lowest BCUT2D eigenvalue weighted by atomic mass is 9.86. The van der Waals surface area contributed by atoms with E-state index >= 15 is 0 Å². The molecule has 2 rings (SSSR count). The van der Waals surface area contributed by atoms with Gasteiger partial charge < -0.3 is 21.0 Å². The quantitative estimate of drug-likeness (QED) is 0.781. The molecular formula is C20H33N3O3. The van der Waals surface area contributed by atoms with Gasteiger partial charge in [-0.05, 0) is 76.6 Å². The van der Waals surface area contributed by atoms with Crippen LogP contribution in [-0.4, -0.2) is 30.2 Å². The van der Waals surface area contributed by atoms with Crippen molar-refractivity contribution in [3.05, 3.63) is 23.3 Å². The molecule has 1 aliphatic rings. The summed E-state index contributed by atoms with van der Waals surface area (Å²) in [5, 5.41) is 1.77. The van der Waals surface area contributed by atoms with Gasteiger partial charge in [0.25, 0.3) is 0 Å². The van der Waals surface area contributed by atoms with E-state index in [-0.39, 0.29) is 12.1 Å². The SMILES string of the molecule is CC(C)Oc1cc(C2CCN(OC(=O)C(C)(C)C)CC2)c(CN)cc1N. The molecule has 0 radical (unpaired) electrons. The van der Waals surface area contributed by atoms with E-state index in [9.17, 15) is 4.79 Å². The lowest BCUT2D eigenvalue weighted by Crippen LogP contribution is -2.38. The molecule has 1 fully saturated rings. The second kappa shape index (κ2) is 8.27. The van der Waals surface area contributed by atoms with Crippen LogP contribution in [0.4, 0.5) is 5.69 Å². The molecule has 0 aromatic heterocycles. The molecule has 4 N–H and O–H groups in total. The summed E-state index contributed by atoms with van der Waals surface area (Å²) < 4.78 is 5.84.